The lowest BCUT2D eigenvalue weighted by Gasteiger charge is -2.14. The van der Waals surface area contributed by atoms with Gasteiger partial charge in [-0.3, -0.25) is 0 Å². The number of anilines is 1. The van der Waals surface area contributed by atoms with Crippen molar-refractivity contribution in [1.82, 2.24) is 0 Å². The molecule has 1 rings (SSSR count). The van der Waals surface area contributed by atoms with Crippen LogP contribution in [0.5, 0.6) is 5.75 Å². The smallest absolute Gasteiger partial charge is 0.341 e. The predicted octanol–water partition coefficient (Wildman–Crippen LogP) is 2.51. The average molecular weight is 288 g/mol. The zero-order valence-corrected chi connectivity index (χ0v) is 12.0. The lowest BCUT2D eigenvalue weighted by Crippen LogP contribution is -2.13. The average Bonchev–Trinajstić information content (AvgIpc) is 2.34. The van der Waals surface area contributed by atoms with Crippen LogP contribution in [0.4, 0.5) is 5.69 Å². The minimum Gasteiger partial charge on any atom is -0.489 e. The Labute approximate surface area is 117 Å². The molecule has 0 amide bonds. The Hall–Kier alpha value is -1.46. The first kappa shape index (κ1) is 15.6. The number of ether oxygens (including phenoxy) is 3. The SMILES string of the molecule is COC(=O)c1cc(N)cc(Cl)c1OCCOC(C)C. The predicted molar refractivity (Wildman–Crippen MR) is 73.8 cm³/mol. The van der Waals surface area contributed by atoms with Gasteiger partial charge >= 0.3 is 5.97 Å². The molecule has 0 aliphatic heterocycles. The molecule has 5 nitrogen and oxygen atoms in total. The van der Waals surface area contributed by atoms with E-state index in [9.17, 15) is 4.79 Å². The minimum absolute atomic E-state index is 0.116. The van der Waals surface area contributed by atoms with E-state index >= 15 is 0 Å². The second-order valence-electron chi connectivity index (χ2n) is 4.14. The first-order valence-electron chi connectivity index (χ1n) is 5.87. The lowest BCUT2D eigenvalue weighted by molar-refractivity contribution is 0.0522. The summed E-state index contributed by atoms with van der Waals surface area (Å²) in [5, 5.41) is 0.268. The van der Waals surface area contributed by atoms with Crippen molar-refractivity contribution in [1.29, 1.82) is 0 Å². The van der Waals surface area contributed by atoms with Gasteiger partial charge in [-0.25, -0.2) is 4.79 Å². The van der Waals surface area contributed by atoms with Crippen molar-refractivity contribution in [3.05, 3.63) is 22.7 Å². The van der Waals surface area contributed by atoms with Crippen LogP contribution in [-0.2, 0) is 9.47 Å². The van der Waals surface area contributed by atoms with Gasteiger partial charge in [-0.2, -0.15) is 0 Å². The topological polar surface area (TPSA) is 70.8 Å². The maximum absolute atomic E-state index is 11.6. The van der Waals surface area contributed by atoms with E-state index in [0.717, 1.165) is 0 Å². The van der Waals surface area contributed by atoms with Crippen LogP contribution in [0.15, 0.2) is 12.1 Å². The zero-order chi connectivity index (χ0) is 14.4. The fraction of sp³-hybridized carbons (Fsp3) is 0.462. The molecule has 0 aliphatic carbocycles. The van der Waals surface area contributed by atoms with Crippen LogP contribution in [0, 0.1) is 0 Å². The molecule has 2 N–H and O–H groups in total. The molecule has 0 unspecified atom stereocenters. The third-order valence-electron chi connectivity index (χ3n) is 2.25. The molecule has 0 saturated heterocycles. The summed E-state index contributed by atoms with van der Waals surface area (Å²) in [6.45, 7) is 4.54. The highest BCUT2D eigenvalue weighted by molar-refractivity contribution is 6.33. The Bertz CT molecular complexity index is 449. The number of nitrogens with two attached hydrogens (primary N) is 1. The Morgan fingerprint density at radius 3 is 2.63 bits per heavy atom. The molecule has 0 fully saturated rings. The molecule has 0 saturated carbocycles. The van der Waals surface area contributed by atoms with E-state index in [1.807, 2.05) is 13.8 Å². The van der Waals surface area contributed by atoms with Crippen molar-refractivity contribution in [3.8, 4) is 5.75 Å². The molecule has 106 valence electrons. The summed E-state index contributed by atoms with van der Waals surface area (Å²) in [5.74, 6) is -0.288. The molecule has 6 heteroatoms. The molecule has 0 spiro atoms. The summed E-state index contributed by atoms with van der Waals surface area (Å²) < 4.78 is 15.5. The summed E-state index contributed by atoms with van der Waals surface area (Å²) in [4.78, 5) is 11.6. The molecule has 0 heterocycles. The van der Waals surface area contributed by atoms with E-state index in [0.29, 0.717) is 12.3 Å². The van der Waals surface area contributed by atoms with E-state index < -0.39 is 5.97 Å². The number of hydrogen-bond acceptors (Lipinski definition) is 5. The summed E-state index contributed by atoms with van der Waals surface area (Å²) >= 11 is 6.02. The van der Waals surface area contributed by atoms with E-state index in [4.69, 9.17) is 26.8 Å². The zero-order valence-electron chi connectivity index (χ0n) is 11.2. The molecule has 0 radical (unpaired) electrons. The van der Waals surface area contributed by atoms with Gasteiger partial charge in [0.1, 0.15) is 12.2 Å². The minimum atomic E-state index is -0.547. The first-order chi connectivity index (χ1) is 8.95. The number of benzene rings is 1. The lowest BCUT2D eigenvalue weighted by atomic mass is 10.2. The van der Waals surface area contributed by atoms with E-state index in [1.54, 1.807) is 0 Å². The standard InChI is InChI=1S/C13H18ClNO4/c1-8(2)18-4-5-19-12-10(13(16)17-3)6-9(15)7-11(12)14/h6-8H,4-5,15H2,1-3H3. The van der Waals surface area contributed by atoms with Crippen LogP contribution in [0.25, 0.3) is 0 Å². The molecule has 0 atom stereocenters. The maximum Gasteiger partial charge on any atom is 0.341 e. The van der Waals surface area contributed by atoms with E-state index in [1.165, 1.54) is 19.2 Å². The largest absolute Gasteiger partial charge is 0.489 e. The molecular weight excluding hydrogens is 270 g/mol. The monoisotopic (exact) mass is 287 g/mol. The summed E-state index contributed by atoms with van der Waals surface area (Å²) in [6, 6.07) is 2.99. The van der Waals surface area contributed by atoms with Crippen molar-refractivity contribution in [2.45, 2.75) is 20.0 Å². The Kier molecular flexibility index (Phi) is 5.92. The third-order valence-corrected chi connectivity index (χ3v) is 2.53. The van der Waals surface area contributed by atoms with Crippen LogP contribution in [0.2, 0.25) is 5.02 Å². The quantitative estimate of drug-likeness (QED) is 0.494. The van der Waals surface area contributed by atoms with Gasteiger partial charge in [0.05, 0.1) is 24.8 Å². The van der Waals surface area contributed by atoms with Gasteiger partial charge in [-0.05, 0) is 26.0 Å². The fourth-order valence-electron chi connectivity index (χ4n) is 1.45. The van der Waals surface area contributed by atoms with Crippen molar-refractivity contribution >= 4 is 23.3 Å². The third kappa shape index (κ3) is 4.61. The number of carbonyl (C=O) groups excluding carboxylic acids is 1. The van der Waals surface area contributed by atoms with Gasteiger partial charge in [0.15, 0.2) is 5.75 Å². The van der Waals surface area contributed by atoms with Crippen molar-refractivity contribution in [2.75, 3.05) is 26.1 Å². The normalized spacial score (nSPS) is 10.6. The van der Waals surface area contributed by atoms with Crippen LogP contribution in [0.3, 0.4) is 0 Å². The molecule has 1 aromatic carbocycles. The number of esters is 1. The van der Waals surface area contributed by atoms with Crippen LogP contribution in [-0.4, -0.2) is 32.4 Å². The van der Waals surface area contributed by atoms with Gasteiger partial charge in [-0.15, -0.1) is 0 Å². The molecular formula is C13H18ClNO4. The van der Waals surface area contributed by atoms with E-state index in [-0.39, 0.29) is 29.0 Å². The van der Waals surface area contributed by atoms with Gasteiger partial charge in [0.2, 0.25) is 0 Å². The van der Waals surface area contributed by atoms with E-state index in [2.05, 4.69) is 4.74 Å². The highest BCUT2D eigenvalue weighted by atomic mass is 35.5. The highest BCUT2D eigenvalue weighted by Crippen LogP contribution is 2.32. The first-order valence-corrected chi connectivity index (χ1v) is 6.25. The number of hydrogen-bond donors (Lipinski definition) is 1. The van der Waals surface area contributed by atoms with Crippen LogP contribution in [0.1, 0.15) is 24.2 Å². The second kappa shape index (κ2) is 7.21. The van der Waals surface area contributed by atoms with Crippen LogP contribution < -0.4 is 10.5 Å². The molecule has 0 aliphatic rings. The van der Waals surface area contributed by atoms with Gasteiger partial charge in [-0.1, -0.05) is 11.6 Å². The van der Waals surface area contributed by atoms with Crippen LogP contribution >= 0.6 is 11.6 Å². The Morgan fingerprint density at radius 1 is 1.37 bits per heavy atom. The number of methoxy groups -OCH3 is 1. The molecule has 0 bridgehead atoms. The highest BCUT2D eigenvalue weighted by Gasteiger charge is 2.17. The summed E-state index contributed by atoms with van der Waals surface area (Å²) in [5.41, 5.74) is 6.22. The van der Waals surface area contributed by atoms with Gasteiger partial charge in [0, 0.05) is 5.69 Å². The number of rotatable bonds is 6. The molecule has 19 heavy (non-hydrogen) atoms. The summed E-state index contributed by atoms with van der Waals surface area (Å²) in [6.07, 6.45) is 0.116. The number of carbonyl (C=O) groups is 1. The Morgan fingerprint density at radius 2 is 2.05 bits per heavy atom. The molecule has 0 aromatic heterocycles. The summed E-state index contributed by atoms with van der Waals surface area (Å²) in [7, 11) is 1.28. The number of nitrogen functional groups attached to an aromatic ring is 1. The van der Waals surface area contributed by atoms with Gasteiger partial charge in [0.25, 0.3) is 0 Å². The molecule has 1 aromatic rings. The maximum atomic E-state index is 11.6. The van der Waals surface area contributed by atoms with Crippen molar-refractivity contribution in [3.63, 3.8) is 0 Å². The van der Waals surface area contributed by atoms with Gasteiger partial charge < -0.3 is 19.9 Å². The fourth-order valence-corrected chi connectivity index (χ4v) is 1.73. The van der Waals surface area contributed by atoms with Crippen molar-refractivity contribution in [2.24, 2.45) is 0 Å². The van der Waals surface area contributed by atoms with Crippen molar-refractivity contribution < 1.29 is 19.0 Å². The number of halogens is 1. The second-order valence-corrected chi connectivity index (χ2v) is 4.55. The Balaban J connectivity index is 2.83.